The van der Waals surface area contributed by atoms with E-state index < -0.39 is 10.0 Å². The van der Waals surface area contributed by atoms with E-state index in [2.05, 4.69) is 25.0 Å². The van der Waals surface area contributed by atoms with Crippen LogP contribution in [0.5, 0.6) is 0 Å². The van der Waals surface area contributed by atoms with Crippen LogP contribution in [-0.4, -0.2) is 60.1 Å². The standard InChI is InChI=1S/C20H23ClN8O2S/c1-14-18(19(21)26(2)24-14)32(30,31)28-10-7-15(8-11-28)20-22-9-12-27(20)13-29-17-6-4-3-5-16(17)23-25-29/h3-6,9,12,15H,7-8,10-11,13H2,1-2H3. The molecular formula is C20H23ClN8O2S. The number of hydrogen-bond acceptors (Lipinski definition) is 6. The first kappa shape index (κ1) is 21.1. The van der Waals surface area contributed by atoms with Crippen molar-refractivity contribution in [1.82, 2.24) is 38.6 Å². The Hall–Kier alpha value is -2.76. The van der Waals surface area contributed by atoms with Crippen molar-refractivity contribution in [2.75, 3.05) is 13.1 Å². The van der Waals surface area contributed by atoms with Gasteiger partial charge in [0.15, 0.2) is 0 Å². The molecule has 4 aromatic rings. The summed E-state index contributed by atoms with van der Waals surface area (Å²) in [6.45, 7) is 2.96. The SMILES string of the molecule is Cc1nn(C)c(Cl)c1S(=O)(=O)N1CCC(c2nccn2Cn2nnc3ccccc32)CC1. The number of sulfonamides is 1. The molecule has 0 unspecified atom stereocenters. The zero-order valence-corrected chi connectivity index (χ0v) is 19.3. The number of aromatic nitrogens is 7. The summed E-state index contributed by atoms with van der Waals surface area (Å²) in [5, 5.41) is 12.8. The second-order valence-electron chi connectivity index (χ2n) is 7.98. The summed E-state index contributed by atoms with van der Waals surface area (Å²) in [6, 6.07) is 7.82. The summed E-state index contributed by atoms with van der Waals surface area (Å²) < 4.78 is 33.2. The van der Waals surface area contributed by atoms with Gasteiger partial charge in [0, 0.05) is 38.4 Å². The summed E-state index contributed by atoms with van der Waals surface area (Å²) in [5.41, 5.74) is 2.21. The summed E-state index contributed by atoms with van der Waals surface area (Å²) in [6.07, 6.45) is 5.04. The lowest BCUT2D eigenvalue weighted by molar-refractivity contribution is 0.307. The van der Waals surface area contributed by atoms with Gasteiger partial charge in [0.25, 0.3) is 0 Å². The Morgan fingerprint density at radius 1 is 1.19 bits per heavy atom. The smallest absolute Gasteiger partial charge is 0.248 e. The van der Waals surface area contributed by atoms with Crippen LogP contribution < -0.4 is 0 Å². The van der Waals surface area contributed by atoms with Crippen LogP contribution in [0.4, 0.5) is 0 Å². The van der Waals surface area contributed by atoms with Crippen molar-refractivity contribution in [2.24, 2.45) is 7.05 Å². The van der Waals surface area contributed by atoms with Crippen LogP contribution in [0.2, 0.25) is 5.15 Å². The van der Waals surface area contributed by atoms with E-state index in [1.54, 1.807) is 20.2 Å². The predicted octanol–water partition coefficient (Wildman–Crippen LogP) is 2.40. The number of para-hydroxylation sites is 1. The molecule has 1 aromatic carbocycles. The number of rotatable bonds is 5. The Morgan fingerprint density at radius 3 is 2.66 bits per heavy atom. The van der Waals surface area contributed by atoms with E-state index in [0.717, 1.165) is 16.9 Å². The van der Waals surface area contributed by atoms with E-state index in [-0.39, 0.29) is 16.0 Å². The van der Waals surface area contributed by atoms with Crippen molar-refractivity contribution in [1.29, 1.82) is 0 Å². The molecule has 3 aromatic heterocycles. The molecule has 0 atom stereocenters. The van der Waals surface area contributed by atoms with Crippen LogP contribution in [-0.2, 0) is 23.7 Å². The second-order valence-corrected chi connectivity index (χ2v) is 10.2. The molecular weight excluding hydrogens is 452 g/mol. The highest BCUT2D eigenvalue weighted by molar-refractivity contribution is 7.89. The number of imidazole rings is 1. The second kappa shape index (κ2) is 7.98. The van der Waals surface area contributed by atoms with Crippen LogP contribution >= 0.6 is 11.6 Å². The number of nitrogens with zero attached hydrogens (tertiary/aromatic N) is 8. The molecule has 32 heavy (non-hydrogen) atoms. The number of halogens is 1. The van der Waals surface area contributed by atoms with Crippen molar-refractivity contribution < 1.29 is 8.42 Å². The molecule has 1 fully saturated rings. The first-order chi connectivity index (χ1) is 15.4. The van der Waals surface area contributed by atoms with Gasteiger partial charge in [0.1, 0.15) is 28.1 Å². The highest BCUT2D eigenvalue weighted by Gasteiger charge is 2.35. The summed E-state index contributed by atoms with van der Waals surface area (Å²) in [4.78, 5) is 4.67. The highest BCUT2D eigenvalue weighted by Crippen LogP contribution is 2.33. The lowest BCUT2D eigenvalue weighted by Gasteiger charge is -2.31. The van der Waals surface area contributed by atoms with Gasteiger partial charge in [-0.25, -0.2) is 18.1 Å². The largest absolute Gasteiger partial charge is 0.314 e. The molecule has 0 bridgehead atoms. The van der Waals surface area contributed by atoms with Crippen LogP contribution in [0, 0.1) is 6.92 Å². The minimum atomic E-state index is -3.70. The van der Waals surface area contributed by atoms with Gasteiger partial charge in [-0.3, -0.25) is 4.68 Å². The van der Waals surface area contributed by atoms with Crippen molar-refractivity contribution >= 4 is 32.7 Å². The van der Waals surface area contributed by atoms with Crippen LogP contribution in [0.15, 0.2) is 41.6 Å². The summed E-state index contributed by atoms with van der Waals surface area (Å²) >= 11 is 6.23. The first-order valence-corrected chi connectivity index (χ1v) is 12.2. The fraction of sp³-hybridized carbons (Fsp3) is 0.400. The predicted molar refractivity (Wildman–Crippen MR) is 119 cm³/mol. The number of fused-ring (bicyclic) bond motifs is 1. The third kappa shape index (κ3) is 3.50. The molecule has 4 heterocycles. The third-order valence-corrected chi connectivity index (χ3v) is 8.57. The lowest BCUT2D eigenvalue weighted by Crippen LogP contribution is -2.38. The normalized spacial score (nSPS) is 16.2. The molecule has 1 saturated heterocycles. The average molecular weight is 475 g/mol. The van der Waals surface area contributed by atoms with E-state index >= 15 is 0 Å². The molecule has 168 valence electrons. The van der Waals surface area contributed by atoms with Gasteiger partial charge in [0.05, 0.1) is 11.2 Å². The molecule has 0 N–H and O–H groups in total. The van der Waals surface area contributed by atoms with Crippen molar-refractivity contribution in [2.45, 2.75) is 37.2 Å². The van der Waals surface area contributed by atoms with E-state index in [1.807, 2.05) is 35.1 Å². The molecule has 0 radical (unpaired) electrons. The van der Waals surface area contributed by atoms with E-state index in [0.29, 0.717) is 38.3 Å². The molecule has 5 rings (SSSR count). The quantitative estimate of drug-likeness (QED) is 0.440. The number of benzene rings is 1. The number of piperidine rings is 1. The van der Waals surface area contributed by atoms with Gasteiger partial charge < -0.3 is 4.57 Å². The Labute approximate surface area is 190 Å². The molecule has 1 aliphatic heterocycles. The Morgan fingerprint density at radius 2 is 1.94 bits per heavy atom. The van der Waals surface area contributed by atoms with Gasteiger partial charge in [-0.05, 0) is 31.9 Å². The van der Waals surface area contributed by atoms with Gasteiger partial charge in [-0.1, -0.05) is 28.9 Å². The topological polar surface area (TPSA) is 104 Å². The van der Waals surface area contributed by atoms with Gasteiger partial charge in [0.2, 0.25) is 10.0 Å². The van der Waals surface area contributed by atoms with E-state index in [4.69, 9.17) is 11.6 Å². The maximum atomic E-state index is 13.2. The maximum absolute atomic E-state index is 13.2. The number of aryl methyl sites for hydroxylation is 2. The minimum absolute atomic E-state index is 0.0969. The Balaban J connectivity index is 1.33. The van der Waals surface area contributed by atoms with Gasteiger partial charge >= 0.3 is 0 Å². The van der Waals surface area contributed by atoms with Crippen LogP contribution in [0.25, 0.3) is 11.0 Å². The van der Waals surface area contributed by atoms with Gasteiger partial charge in [-0.15, -0.1) is 5.10 Å². The van der Waals surface area contributed by atoms with Crippen molar-refractivity contribution in [3.8, 4) is 0 Å². The minimum Gasteiger partial charge on any atom is -0.314 e. The van der Waals surface area contributed by atoms with Crippen molar-refractivity contribution in [3.63, 3.8) is 0 Å². The van der Waals surface area contributed by atoms with E-state index in [1.165, 1.54) is 8.99 Å². The summed E-state index contributed by atoms with van der Waals surface area (Å²) in [7, 11) is -2.06. The fourth-order valence-electron chi connectivity index (χ4n) is 4.35. The zero-order valence-electron chi connectivity index (χ0n) is 17.8. The first-order valence-electron chi connectivity index (χ1n) is 10.3. The highest BCUT2D eigenvalue weighted by atomic mass is 35.5. The molecule has 1 aliphatic rings. The Bertz CT molecular complexity index is 1380. The molecule has 0 spiro atoms. The zero-order chi connectivity index (χ0) is 22.5. The summed E-state index contributed by atoms with van der Waals surface area (Å²) in [5.74, 6) is 1.08. The molecule has 0 saturated carbocycles. The molecule has 0 amide bonds. The van der Waals surface area contributed by atoms with Gasteiger partial charge in [-0.2, -0.15) is 9.40 Å². The lowest BCUT2D eigenvalue weighted by atomic mass is 9.97. The van der Waals surface area contributed by atoms with Crippen molar-refractivity contribution in [3.05, 3.63) is 53.3 Å². The number of hydrogen-bond donors (Lipinski definition) is 0. The molecule has 10 nitrogen and oxygen atoms in total. The fourth-order valence-corrected chi connectivity index (χ4v) is 6.53. The van der Waals surface area contributed by atoms with Crippen LogP contribution in [0.3, 0.4) is 0 Å². The molecule has 12 heteroatoms. The molecule has 0 aliphatic carbocycles. The maximum Gasteiger partial charge on any atom is 0.248 e. The average Bonchev–Trinajstić information content (AvgIpc) is 3.47. The van der Waals surface area contributed by atoms with Crippen LogP contribution in [0.1, 0.15) is 30.3 Å². The third-order valence-electron chi connectivity index (χ3n) is 5.97. The Kier molecular flexibility index (Phi) is 5.26. The van der Waals surface area contributed by atoms with E-state index in [9.17, 15) is 8.42 Å². The monoisotopic (exact) mass is 474 g/mol.